The molecule has 33 heavy (non-hydrogen) atoms. The summed E-state index contributed by atoms with van der Waals surface area (Å²) in [6.45, 7) is 0. The van der Waals surface area contributed by atoms with Gasteiger partial charge in [0.25, 0.3) is 0 Å². The Morgan fingerprint density at radius 2 is 1.55 bits per heavy atom. The highest BCUT2D eigenvalue weighted by Crippen LogP contribution is 2.63. The molecule has 4 aliphatic carbocycles. The van der Waals surface area contributed by atoms with Crippen molar-refractivity contribution in [3.63, 3.8) is 0 Å². The molecule has 0 aromatic heterocycles. The molecule has 7 rings (SSSR count). The molecular formula is C29H30O4. The number of carbonyl (C=O) groups is 1. The van der Waals surface area contributed by atoms with Crippen LogP contribution in [-0.2, 0) is 10.2 Å². The minimum atomic E-state index is -0.509. The molecule has 4 nitrogen and oxygen atoms in total. The van der Waals surface area contributed by atoms with Gasteiger partial charge in [-0.2, -0.15) is 0 Å². The van der Waals surface area contributed by atoms with Gasteiger partial charge < -0.3 is 14.6 Å². The zero-order valence-corrected chi connectivity index (χ0v) is 19.3. The largest absolute Gasteiger partial charge is 0.496 e. The monoisotopic (exact) mass is 442 g/mol. The van der Waals surface area contributed by atoms with Gasteiger partial charge in [0.1, 0.15) is 5.75 Å². The second kappa shape index (κ2) is 7.33. The summed E-state index contributed by atoms with van der Waals surface area (Å²) in [6, 6.07) is 18.5. The minimum absolute atomic E-state index is 0.00640. The van der Waals surface area contributed by atoms with Gasteiger partial charge in [0.2, 0.25) is 0 Å². The lowest BCUT2D eigenvalue weighted by Gasteiger charge is -2.60. The second-order valence-corrected chi connectivity index (χ2v) is 10.6. The molecule has 2 unspecified atom stereocenters. The fraction of sp³-hybridized carbons (Fsp3) is 0.414. The lowest BCUT2D eigenvalue weighted by atomic mass is 9.46. The Balaban J connectivity index is 1.42. The molecule has 4 heteroatoms. The summed E-state index contributed by atoms with van der Waals surface area (Å²) < 4.78 is 10.7. The van der Waals surface area contributed by atoms with Crippen molar-refractivity contribution in [3.05, 3.63) is 65.7 Å². The maximum atomic E-state index is 11.9. The molecule has 0 radical (unpaired) electrons. The Kier molecular flexibility index (Phi) is 4.60. The van der Waals surface area contributed by atoms with Gasteiger partial charge in [0.15, 0.2) is 0 Å². The van der Waals surface area contributed by atoms with Crippen LogP contribution in [-0.4, -0.2) is 30.9 Å². The number of fused-ring (bicyclic) bond motifs is 1. The molecule has 4 aliphatic rings. The van der Waals surface area contributed by atoms with Crippen LogP contribution in [0.5, 0.6) is 5.75 Å². The third-order valence-corrected chi connectivity index (χ3v) is 8.40. The highest BCUT2D eigenvalue weighted by molar-refractivity contribution is 5.96. The van der Waals surface area contributed by atoms with Crippen molar-refractivity contribution < 1.29 is 19.4 Å². The van der Waals surface area contributed by atoms with Gasteiger partial charge in [-0.15, -0.1) is 0 Å². The van der Waals surface area contributed by atoms with E-state index in [1.54, 1.807) is 7.11 Å². The van der Waals surface area contributed by atoms with Gasteiger partial charge in [-0.3, -0.25) is 0 Å². The molecule has 0 heterocycles. The molecule has 170 valence electrons. The van der Waals surface area contributed by atoms with E-state index in [4.69, 9.17) is 9.47 Å². The molecular weight excluding hydrogens is 412 g/mol. The zero-order valence-electron chi connectivity index (χ0n) is 19.3. The van der Waals surface area contributed by atoms with Crippen LogP contribution in [0.1, 0.15) is 54.4 Å². The number of hydrogen-bond donors (Lipinski definition) is 1. The van der Waals surface area contributed by atoms with Gasteiger partial charge in [-0.1, -0.05) is 24.3 Å². The highest BCUT2D eigenvalue weighted by atomic mass is 16.5. The normalized spacial score (nSPS) is 29.9. The Bertz CT molecular complexity index is 1250. The second-order valence-electron chi connectivity index (χ2n) is 10.6. The lowest BCUT2D eigenvalue weighted by Crippen LogP contribution is -2.57. The number of carbonyl (C=O) groups excluding carboxylic acids is 1. The van der Waals surface area contributed by atoms with Gasteiger partial charge in [0.05, 0.1) is 25.4 Å². The summed E-state index contributed by atoms with van der Waals surface area (Å²) in [7, 11) is 3.15. The van der Waals surface area contributed by atoms with Gasteiger partial charge in [-0.25, -0.2) is 4.79 Å². The SMILES string of the molecule is COC(=O)c1ccc2cc(-c3ccc(OC)c(C45C[C@@H]6C[C@@H](CC(O)(C6)C4)C5)c3)ccc2c1. The van der Waals surface area contributed by atoms with E-state index >= 15 is 0 Å². The summed E-state index contributed by atoms with van der Waals surface area (Å²) in [5, 5.41) is 13.4. The summed E-state index contributed by atoms with van der Waals surface area (Å²) in [5.74, 6) is 1.86. The molecule has 4 fully saturated rings. The standard InChI is InChI=1S/C29H30O4/c1-32-26-8-7-23(21-3-4-22-11-24(27(30)33-2)6-5-20(22)10-21)12-25(26)28-13-18-9-19(14-28)16-29(31,15-18)17-28/h3-8,10-12,18-19,31H,9,13-17H2,1-2H3/t18-,19+,28?,29?. The van der Waals surface area contributed by atoms with E-state index in [1.165, 1.54) is 19.1 Å². The fourth-order valence-electron chi connectivity index (χ4n) is 7.50. The molecule has 0 spiro atoms. The third-order valence-electron chi connectivity index (χ3n) is 8.40. The molecule has 4 bridgehead atoms. The van der Waals surface area contributed by atoms with Gasteiger partial charge in [0, 0.05) is 11.0 Å². The van der Waals surface area contributed by atoms with E-state index in [9.17, 15) is 9.90 Å². The Morgan fingerprint density at radius 3 is 2.24 bits per heavy atom. The first-order chi connectivity index (χ1) is 15.9. The predicted octanol–water partition coefficient (Wildman–Crippen LogP) is 5.88. The Labute approximate surface area is 194 Å². The first-order valence-electron chi connectivity index (χ1n) is 11.9. The molecule has 0 saturated heterocycles. The number of aliphatic hydroxyl groups is 1. The van der Waals surface area contributed by atoms with Crippen LogP contribution in [0.3, 0.4) is 0 Å². The van der Waals surface area contributed by atoms with E-state index in [0.29, 0.717) is 17.4 Å². The average molecular weight is 443 g/mol. The van der Waals surface area contributed by atoms with Crippen molar-refractivity contribution in [3.8, 4) is 16.9 Å². The first-order valence-corrected chi connectivity index (χ1v) is 11.9. The van der Waals surface area contributed by atoms with E-state index in [0.717, 1.165) is 59.8 Å². The number of hydrogen-bond acceptors (Lipinski definition) is 4. The summed E-state index contributed by atoms with van der Waals surface area (Å²) in [6.07, 6.45) is 6.35. The summed E-state index contributed by atoms with van der Waals surface area (Å²) >= 11 is 0. The lowest BCUT2D eigenvalue weighted by molar-refractivity contribution is -0.137. The van der Waals surface area contributed by atoms with Crippen LogP contribution in [0, 0.1) is 11.8 Å². The van der Waals surface area contributed by atoms with Crippen LogP contribution in [0.2, 0.25) is 0 Å². The molecule has 3 aromatic carbocycles. The van der Waals surface area contributed by atoms with Gasteiger partial charge in [-0.05, 0) is 103 Å². The maximum absolute atomic E-state index is 11.9. The number of ether oxygens (including phenoxy) is 2. The van der Waals surface area contributed by atoms with Crippen molar-refractivity contribution >= 4 is 16.7 Å². The number of methoxy groups -OCH3 is 2. The van der Waals surface area contributed by atoms with Crippen molar-refractivity contribution in [2.24, 2.45) is 11.8 Å². The summed E-state index contributed by atoms with van der Waals surface area (Å²) in [5.41, 5.74) is 3.62. The highest BCUT2D eigenvalue weighted by Gasteiger charge is 2.58. The van der Waals surface area contributed by atoms with E-state index in [-0.39, 0.29) is 11.4 Å². The summed E-state index contributed by atoms with van der Waals surface area (Å²) in [4.78, 5) is 11.9. The fourth-order valence-corrected chi connectivity index (χ4v) is 7.50. The average Bonchev–Trinajstić information content (AvgIpc) is 2.81. The quantitative estimate of drug-likeness (QED) is 0.512. The third kappa shape index (κ3) is 3.34. The zero-order chi connectivity index (χ0) is 22.8. The maximum Gasteiger partial charge on any atom is 0.337 e. The molecule has 4 atom stereocenters. The van der Waals surface area contributed by atoms with Crippen LogP contribution < -0.4 is 4.74 Å². The van der Waals surface area contributed by atoms with Crippen molar-refractivity contribution in [1.29, 1.82) is 0 Å². The topological polar surface area (TPSA) is 55.8 Å². The Morgan fingerprint density at radius 1 is 0.879 bits per heavy atom. The van der Waals surface area contributed by atoms with Crippen molar-refractivity contribution in [1.82, 2.24) is 0 Å². The molecule has 4 saturated carbocycles. The van der Waals surface area contributed by atoms with Crippen molar-refractivity contribution in [2.75, 3.05) is 14.2 Å². The number of rotatable bonds is 4. The van der Waals surface area contributed by atoms with E-state index < -0.39 is 5.60 Å². The van der Waals surface area contributed by atoms with E-state index in [1.807, 2.05) is 18.2 Å². The number of benzene rings is 3. The first kappa shape index (κ1) is 20.7. The molecule has 0 amide bonds. The van der Waals surface area contributed by atoms with Crippen molar-refractivity contribution in [2.45, 2.75) is 49.5 Å². The van der Waals surface area contributed by atoms with Crippen LogP contribution in [0.15, 0.2) is 54.6 Å². The van der Waals surface area contributed by atoms with E-state index in [2.05, 4.69) is 36.4 Å². The minimum Gasteiger partial charge on any atom is -0.496 e. The smallest absolute Gasteiger partial charge is 0.337 e. The molecule has 0 aliphatic heterocycles. The van der Waals surface area contributed by atoms with Crippen LogP contribution in [0.25, 0.3) is 21.9 Å². The van der Waals surface area contributed by atoms with Crippen LogP contribution >= 0.6 is 0 Å². The Hall–Kier alpha value is -2.85. The molecule has 1 N–H and O–H groups in total. The van der Waals surface area contributed by atoms with Gasteiger partial charge >= 0.3 is 5.97 Å². The number of esters is 1. The predicted molar refractivity (Wildman–Crippen MR) is 129 cm³/mol. The molecule has 3 aromatic rings. The van der Waals surface area contributed by atoms with Crippen LogP contribution in [0.4, 0.5) is 0 Å².